The summed E-state index contributed by atoms with van der Waals surface area (Å²) in [4.78, 5) is 2.24. The summed E-state index contributed by atoms with van der Waals surface area (Å²) in [5.74, 6) is 0. The van der Waals surface area contributed by atoms with Crippen molar-refractivity contribution in [1.82, 2.24) is 10.2 Å². The summed E-state index contributed by atoms with van der Waals surface area (Å²) in [6, 6.07) is 0. The van der Waals surface area contributed by atoms with Crippen molar-refractivity contribution >= 4 is 0 Å². The molecule has 0 aliphatic carbocycles. The average molecular weight is 304 g/mol. The molecule has 1 fully saturated rings. The van der Waals surface area contributed by atoms with E-state index in [1.807, 2.05) is 0 Å². The molecule has 21 heavy (non-hydrogen) atoms. The van der Waals surface area contributed by atoms with Crippen molar-refractivity contribution in [1.29, 1.82) is 0 Å². The maximum atomic E-state index is 5.73. The van der Waals surface area contributed by atoms with Crippen LogP contribution in [0.2, 0.25) is 0 Å². The van der Waals surface area contributed by atoms with Crippen molar-refractivity contribution in [3.05, 3.63) is 0 Å². The average Bonchev–Trinajstić information content (AvgIpc) is 2.46. The molecule has 1 aliphatic rings. The van der Waals surface area contributed by atoms with Gasteiger partial charge in [-0.05, 0) is 20.4 Å². The van der Waals surface area contributed by atoms with Crippen molar-refractivity contribution in [2.45, 2.75) is 19.4 Å². The first-order valence-electron chi connectivity index (χ1n) is 8.03. The molecule has 0 saturated carbocycles. The molecule has 0 aromatic heterocycles. The molecular formula is C15H32N2O4. The minimum atomic E-state index is 0.215. The van der Waals surface area contributed by atoms with E-state index in [1.54, 1.807) is 0 Å². The summed E-state index contributed by atoms with van der Waals surface area (Å²) in [5.41, 5.74) is 0. The third-order valence-electron chi connectivity index (χ3n) is 3.24. The van der Waals surface area contributed by atoms with Crippen LogP contribution in [0.4, 0.5) is 0 Å². The Morgan fingerprint density at radius 3 is 2.29 bits per heavy atom. The molecule has 0 spiro atoms. The standard InChI is InChI=1S/C15H32N2O4/c1-15-14-17(2)6-11-19-8-3-7-18-9-4-16-5-10-20-12-13-21-15/h15-16H,3-14H2,1-2H3. The Morgan fingerprint density at radius 2 is 1.52 bits per heavy atom. The zero-order valence-corrected chi connectivity index (χ0v) is 13.6. The predicted octanol–water partition coefficient (Wildman–Crippen LogP) is 0.366. The Labute approximate surface area is 129 Å². The summed E-state index contributed by atoms with van der Waals surface area (Å²) in [6.07, 6.45) is 1.17. The molecule has 0 aromatic carbocycles. The van der Waals surface area contributed by atoms with Crippen LogP contribution in [0, 0.1) is 0 Å². The summed E-state index contributed by atoms with van der Waals surface area (Å²) in [6.45, 7) is 10.7. The topological polar surface area (TPSA) is 52.2 Å². The third kappa shape index (κ3) is 12.0. The van der Waals surface area contributed by atoms with Crippen molar-refractivity contribution < 1.29 is 18.9 Å². The van der Waals surface area contributed by atoms with Gasteiger partial charge in [0.05, 0.1) is 39.1 Å². The maximum Gasteiger partial charge on any atom is 0.0704 e. The second-order valence-electron chi connectivity index (χ2n) is 5.38. The van der Waals surface area contributed by atoms with Gasteiger partial charge < -0.3 is 29.2 Å². The fourth-order valence-electron chi connectivity index (χ4n) is 2.09. The second-order valence-corrected chi connectivity index (χ2v) is 5.38. The van der Waals surface area contributed by atoms with Crippen molar-refractivity contribution in [2.75, 3.05) is 79.5 Å². The van der Waals surface area contributed by atoms with Gasteiger partial charge in [0, 0.05) is 39.4 Å². The zero-order valence-electron chi connectivity index (χ0n) is 13.6. The molecule has 6 nitrogen and oxygen atoms in total. The maximum absolute atomic E-state index is 5.73. The van der Waals surface area contributed by atoms with Gasteiger partial charge in [0.2, 0.25) is 0 Å². The first-order chi connectivity index (χ1) is 10.3. The highest BCUT2D eigenvalue weighted by atomic mass is 16.5. The van der Waals surface area contributed by atoms with Crippen LogP contribution in [-0.2, 0) is 18.9 Å². The molecule has 1 saturated heterocycles. The minimum absolute atomic E-state index is 0.215. The Kier molecular flexibility index (Phi) is 12.0. The molecule has 1 unspecified atom stereocenters. The van der Waals surface area contributed by atoms with Gasteiger partial charge in [0.1, 0.15) is 0 Å². The lowest BCUT2D eigenvalue weighted by atomic mass is 10.3. The molecule has 0 bridgehead atoms. The molecule has 1 atom stereocenters. The zero-order chi connectivity index (χ0) is 15.2. The van der Waals surface area contributed by atoms with Crippen LogP contribution in [-0.4, -0.2) is 90.5 Å². The molecule has 1 rings (SSSR count). The number of nitrogens with zero attached hydrogens (tertiary/aromatic N) is 1. The van der Waals surface area contributed by atoms with Crippen LogP contribution < -0.4 is 5.32 Å². The van der Waals surface area contributed by atoms with Gasteiger partial charge in [0.15, 0.2) is 0 Å². The summed E-state index contributed by atoms with van der Waals surface area (Å²) in [5, 5.41) is 3.29. The SMILES string of the molecule is CC1CN(C)CCOCCCOCCNCCOCCO1. The fourth-order valence-corrected chi connectivity index (χ4v) is 2.09. The molecule has 6 heteroatoms. The lowest BCUT2D eigenvalue weighted by Gasteiger charge is -2.21. The molecule has 0 aromatic rings. The van der Waals surface area contributed by atoms with Crippen LogP contribution in [0.15, 0.2) is 0 Å². The number of ether oxygens (including phenoxy) is 4. The molecule has 0 amide bonds. The predicted molar refractivity (Wildman–Crippen MR) is 82.9 cm³/mol. The van der Waals surface area contributed by atoms with E-state index >= 15 is 0 Å². The third-order valence-corrected chi connectivity index (χ3v) is 3.24. The van der Waals surface area contributed by atoms with E-state index in [9.17, 15) is 0 Å². The van der Waals surface area contributed by atoms with E-state index in [0.29, 0.717) is 19.8 Å². The highest BCUT2D eigenvalue weighted by molar-refractivity contribution is 4.58. The summed E-state index contributed by atoms with van der Waals surface area (Å²) < 4.78 is 22.4. The number of hydrogen-bond acceptors (Lipinski definition) is 6. The van der Waals surface area contributed by atoms with Gasteiger partial charge in [-0.1, -0.05) is 0 Å². The minimum Gasteiger partial charge on any atom is -0.380 e. The van der Waals surface area contributed by atoms with Gasteiger partial charge in [0.25, 0.3) is 0 Å². The van der Waals surface area contributed by atoms with E-state index in [1.165, 1.54) is 0 Å². The fraction of sp³-hybridized carbons (Fsp3) is 1.00. The molecular weight excluding hydrogens is 272 g/mol. The molecule has 1 aliphatic heterocycles. The molecule has 126 valence electrons. The Hall–Kier alpha value is -0.240. The first-order valence-corrected chi connectivity index (χ1v) is 8.03. The van der Waals surface area contributed by atoms with Crippen molar-refractivity contribution in [3.8, 4) is 0 Å². The normalized spacial score (nSPS) is 27.4. The molecule has 0 radical (unpaired) electrons. The smallest absolute Gasteiger partial charge is 0.0704 e. The van der Waals surface area contributed by atoms with E-state index in [2.05, 4.69) is 24.2 Å². The Bertz CT molecular complexity index is 210. The van der Waals surface area contributed by atoms with Gasteiger partial charge in [-0.2, -0.15) is 0 Å². The van der Waals surface area contributed by atoms with E-state index < -0.39 is 0 Å². The first kappa shape index (κ1) is 18.8. The number of rotatable bonds is 0. The number of nitrogens with one attached hydrogen (secondary N) is 1. The Balaban J connectivity index is 2.17. The molecule has 1 heterocycles. The monoisotopic (exact) mass is 304 g/mol. The van der Waals surface area contributed by atoms with Crippen LogP contribution >= 0.6 is 0 Å². The van der Waals surface area contributed by atoms with Gasteiger partial charge in [-0.3, -0.25) is 0 Å². The summed E-state index contributed by atoms with van der Waals surface area (Å²) >= 11 is 0. The Morgan fingerprint density at radius 1 is 0.857 bits per heavy atom. The second kappa shape index (κ2) is 13.4. The summed E-state index contributed by atoms with van der Waals surface area (Å²) in [7, 11) is 2.09. The van der Waals surface area contributed by atoms with E-state index in [4.69, 9.17) is 18.9 Å². The highest BCUT2D eigenvalue weighted by Gasteiger charge is 2.06. The van der Waals surface area contributed by atoms with Crippen molar-refractivity contribution in [2.24, 2.45) is 0 Å². The van der Waals surface area contributed by atoms with E-state index in [0.717, 1.165) is 59.0 Å². The lowest BCUT2D eigenvalue weighted by Crippen LogP contribution is -2.32. The molecule has 1 N–H and O–H groups in total. The number of likely N-dealkylation sites (N-methyl/N-ethyl adjacent to an activating group) is 1. The van der Waals surface area contributed by atoms with Gasteiger partial charge in [-0.25, -0.2) is 0 Å². The quantitative estimate of drug-likeness (QED) is 0.698. The lowest BCUT2D eigenvalue weighted by molar-refractivity contribution is -0.00152. The largest absolute Gasteiger partial charge is 0.380 e. The van der Waals surface area contributed by atoms with Crippen molar-refractivity contribution in [3.63, 3.8) is 0 Å². The number of hydrogen-bond donors (Lipinski definition) is 1. The van der Waals surface area contributed by atoms with Crippen LogP contribution in [0.1, 0.15) is 13.3 Å². The van der Waals surface area contributed by atoms with Crippen LogP contribution in [0.3, 0.4) is 0 Å². The van der Waals surface area contributed by atoms with Gasteiger partial charge in [-0.15, -0.1) is 0 Å². The highest BCUT2D eigenvalue weighted by Crippen LogP contribution is 1.95. The van der Waals surface area contributed by atoms with E-state index in [-0.39, 0.29) is 6.10 Å². The van der Waals surface area contributed by atoms with Crippen LogP contribution in [0.25, 0.3) is 0 Å². The van der Waals surface area contributed by atoms with Crippen LogP contribution in [0.5, 0.6) is 0 Å². The van der Waals surface area contributed by atoms with Gasteiger partial charge >= 0.3 is 0 Å².